The van der Waals surface area contributed by atoms with Crippen molar-refractivity contribution in [3.63, 3.8) is 0 Å². The van der Waals surface area contributed by atoms with Crippen LogP contribution in [0.1, 0.15) is 0 Å². The number of nitrogens with one attached hydrogen (secondary N) is 1. The summed E-state index contributed by atoms with van der Waals surface area (Å²) in [7, 11) is 3.43. The molecule has 2 heterocycles. The van der Waals surface area contributed by atoms with Crippen LogP contribution in [0.5, 0.6) is 5.75 Å². The van der Waals surface area contributed by atoms with E-state index in [0.29, 0.717) is 10.7 Å². The summed E-state index contributed by atoms with van der Waals surface area (Å²) in [5.41, 5.74) is 3.87. The van der Waals surface area contributed by atoms with E-state index in [0.717, 1.165) is 33.5 Å². The highest BCUT2D eigenvalue weighted by Gasteiger charge is 2.19. The van der Waals surface area contributed by atoms with Gasteiger partial charge in [-0.25, -0.2) is 4.68 Å². The number of hydrogen-bond acceptors (Lipinski definition) is 4. The lowest BCUT2D eigenvalue weighted by Crippen LogP contribution is -1.90. The number of aryl methyl sites for hydroxylation is 1. The van der Waals surface area contributed by atoms with Gasteiger partial charge in [-0.2, -0.15) is 0 Å². The zero-order valence-electron chi connectivity index (χ0n) is 13.2. The summed E-state index contributed by atoms with van der Waals surface area (Å²) in [4.78, 5) is 3.73. The fraction of sp³-hybridized carbons (Fsp3) is 0.111. The van der Waals surface area contributed by atoms with Gasteiger partial charge >= 0.3 is 0 Å². The first-order valence-corrected chi connectivity index (χ1v) is 7.88. The molecule has 0 saturated heterocycles. The molecule has 24 heavy (non-hydrogen) atoms. The lowest BCUT2D eigenvalue weighted by atomic mass is 10.0. The summed E-state index contributed by atoms with van der Waals surface area (Å²) >= 11 is 5.15. The Morgan fingerprint density at radius 1 is 1.17 bits per heavy atom. The Labute approximate surface area is 143 Å². The number of aromatic amines is 1. The van der Waals surface area contributed by atoms with E-state index >= 15 is 0 Å². The maximum absolute atomic E-state index is 5.65. The van der Waals surface area contributed by atoms with Gasteiger partial charge in [0.15, 0.2) is 0 Å². The van der Waals surface area contributed by atoms with Crippen molar-refractivity contribution in [2.24, 2.45) is 7.05 Å². The zero-order chi connectivity index (χ0) is 16.7. The van der Waals surface area contributed by atoms with Crippen LogP contribution >= 0.6 is 12.2 Å². The first-order valence-electron chi connectivity index (χ1n) is 7.47. The van der Waals surface area contributed by atoms with Crippen molar-refractivity contribution in [1.82, 2.24) is 14.8 Å². The maximum atomic E-state index is 5.65. The lowest BCUT2D eigenvalue weighted by Gasteiger charge is -2.03. The highest BCUT2D eigenvalue weighted by atomic mass is 32.1. The Morgan fingerprint density at radius 2 is 1.96 bits per heavy atom. The predicted octanol–water partition coefficient (Wildman–Crippen LogP) is 4.57. The van der Waals surface area contributed by atoms with Gasteiger partial charge in [0.2, 0.25) is 0 Å². The highest BCUT2D eigenvalue weighted by molar-refractivity contribution is 7.71. The normalized spacial score (nSPS) is 11.1. The number of hydrogen-bond donors (Lipinski definition) is 1. The number of ether oxygens (including phenoxy) is 1. The molecule has 0 aliphatic carbocycles. The first kappa shape index (κ1) is 14.7. The number of H-pyrrole nitrogens is 1. The van der Waals surface area contributed by atoms with E-state index in [-0.39, 0.29) is 0 Å². The third kappa shape index (κ3) is 2.32. The maximum Gasteiger partial charge on any atom is 0.287 e. The topological polar surface area (TPSA) is 56.0 Å². The molecule has 5 nitrogen and oxygen atoms in total. The van der Waals surface area contributed by atoms with Crippen LogP contribution in [0.2, 0.25) is 0 Å². The van der Waals surface area contributed by atoms with Gasteiger partial charge in [-0.3, -0.25) is 0 Å². The largest absolute Gasteiger partial charge is 0.497 e. The molecule has 0 atom stereocenters. The average Bonchev–Trinajstić information content (AvgIpc) is 3.15. The van der Waals surface area contributed by atoms with Crippen LogP contribution in [-0.4, -0.2) is 21.9 Å². The first-order chi connectivity index (χ1) is 11.7. The molecule has 0 amide bonds. The van der Waals surface area contributed by atoms with Crippen LogP contribution < -0.4 is 4.74 Å². The second kappa shape index (κ2) is 5.65. The van der Waals surface area contributed by atoms with Gasteiger partial charge in [0, 0.05) is 23.5 Å². The number of nitrogens with zero attached hydrogens (tertiary/aromatic N) is 2. The highest BCUT2D eigenvalue weighted by Crippen LogP contribution is 2.39. The van der Waals surface area contributed by atoms with E-state index < -0.39 is 0 Å². The molecule has 0 bridgehead atoms. The molecule has 1 N–H and O–H groups in total. The molecular weight excluding hydrogens is 322 g/mol. The van der Waals surface area contributed by atoms with E-state index in [4.69, 9.17) is 21.4 Å². The summed E-state index contributed by atoms with van der Waals surface area (Å²) in [6.07, 6.45) is 0. The zero-order valence-corrected chi connectivity index (χ0v) is 14.1. The molecule has 0 saturated carbocycles. The van der Waals surface area contributed by atoms with Crippen molar-refractivity contribution < 1.29 is 9.15 Å². The van der Waals surface area contributed by atoms with E-state index in [1.807, 2.05) is 36.4 Å². The molecule has 4 aromatic rings. The van der Waals surface area contributed by atoms with Crippen LogP contribution in [0.25, 0.3) is 33.6 Å². The average molecular weight is 337 g/mol. The Morgan fingerprint density at radius 3 is 2.62 bits per heavy atom. The van der Waals surface area contributed by atoms with Crippen LogP contribution in [-0.2, 0) is 7.05 Å². The Bertz CT molecular complexity index is 1080. The number of aromatic nitrogens is 3. The van der Waals surface area contributed by atoms with Crippen molar-refractivity contribution >= 4 is 23.1 Å². The SMILES string of the molecule is COc1ccc2[nH]c(-c3nn(C)c(=S)o3)c(-c3ccccc3)c2c1. The third-order valence-corrected chi connectivity index (χ3v) is 4.32. The molecule has 2 aromatic heterocycles. The number of rotatable bonds is 3. The minimum atomic E-state index is 0.334. The van der Waals surface area contributed by atoms with Gasteiger partial charge in [0.1, 0.15) is 11.4 Å². The van der Waals surface area contributed by atoms with Gasteiger partial charge < -0.3 is 14.1 Å². The summed E-state index contributed by atoms with van der Waals surface area (Å²) in [6, 6.07) is 16.0. The molecule has 0 radical (unpaired) electrons. The van der Waals surface area contributed by atoms with E-state index in [1.165, 1.54) is 0 Å². The third-order valence-electron chi connectivity index (χ3n) is 3.97. The summed E-state index contributed by atoms with van der Waals surface area (Å²) < 4.78 is 12.6. The molecule has 0 unspecified atom stereocenters. The Kier molecular flexibility index (Phi) is 3.46. The Balaban J connectivity index is 2.07. The van der Waals surface area contributed by atoms with Crippen molar-refractivity contribution in [2.75, 3.05) is 7.11 Å². The van der Waals surface area contributed by atoms with Crippen LogP contribution in [0, 0.1) is 4.84 Å². The molecule has 0 aliphatic rings. The van der Waals surface area contributed by atoms with E-state index in [1.54, 1.807) is 18.8 Å². The molecule has 2 aromatic carbocycles. The van der Waals surface area contributed by atoms with E-state index in [9.17, 15) is 0 Å². The quantitative estimate of drug-likeness (QED) is 0.557. The molecule has 120 valence electrons. The van der Waals surface area contributed by atoms with Crippen LogP contribution in [0.3, 0.4) is 0 Å². The summed E-state index contributed by atoms with van der Waals surface area (Å²) in [6.45, 7) is 0. The second-order valence-electron chi connectivity index (χ2n) is 5.45. The predicted molar refractivity (Wildman–Crippen MR) is 95.6 cm³/mol. The van der Waals surface area contributed by atoms with Crippen molar-refractivity contribution in [3.05, 3.63) is 53.4 Å². The fourth-order valence-corrected chi connectivity index (χ4v) is 2.93. The molecule has 0 fully saturated rings. The lowest BCUT2D eigenvalue weighted by molar-refractivity contribution is 0.415. The van der Waals surface area contributed by atoms with Crippen molar-refractivity contribution in [3.8, 4) is 28.5 Å². The standard InChI is InChI=1S/C18H15N3O2S/c1-21-18(24)23-17(20-21)16-15(11-6-4-3-5-7-11)13-10-12(22-2)8-9-14(13)19-16/h3-10,19H,1-2H3. The van der Waals surface area contributed by atoms with Crippen LogP contribution in [0.15, 0.2) is 52.9 Å². The molecule has 0 spiro atoms. The molecule has 0 aliphatic heterocycles. The van der Waals surface area contributed by atoms with Gasteiger partial charge in [0.25, 0.3) is 10.7 Å². The van der Waals surface area contributed by atoms with Crippen molar-refractivity contribution in [1.29, 1.82) is 0 Å². The van der Waals surface area contributed by atoms with E-state index in [2.05, 4.69) is 22.2 Å². The smallest absolute Gasteiger partial charge is 0.287 e. The number of benzene rings is 2. The molecular formula is C18H15N3O2S. The number of methoxy groups -OCH3 is 1. The molecule has 4 rings (SSSR count). The number of fused-ring (bicyclic) bond motifs is 1. The summed E-state index contributed by atoms with van der Waals surface area (Å²) in [5, 5.41) is 5.43. The van der Waals surface area contributed by atoms with Crippen molar-refractivity contribution in [2.45, 2.75) is 0 Å². The Hall–Kier alpha value is -2.86. The van der Waals surface area contributed by atoms with Gasteiger partial charge in [-0.1, -0.05) is 30.3 Å². The molecule has 6 heteroatoms. The second-order valence-corrected chi connectivity index (χ2v) is 5.80. The van der Waals surface area contributed by atoms with Gasteiger partial charge in [-0.05, 0) is 36.0 Å². The van der Waals surface area contributed by atoms with Crippen LogP contribution in [0.4, 0.5) is 0 Å². The fourth-order valence-electron chi connectivity index (χ4n) is 2.81. The summed E-state index contributed by atoms with van der Waals surface area (Å²) in [5.74, 6) is 1.27. The van der Waals surface area contributed by atoms with Gasteiger partial charge in [-0.15, -0.1) is 5.10 Å². The minimum absolute atomic E-state index is 0.334. The van der Waals surface area contributed by atoms with Gasteiger partial charge in [0.05, 0.1) is 7.11 Å². The minimum Gasteiger partial charge on any atom is -0.497 e. The monoisotopic (exact) mass is 337 g/mol.